The van der Waals surface area contributed by atoms with Crippen LogP contribution in [0.3, 0.4) is 0 Å². The van der Waals surface area contributed by atoms with Crippen LogP contribution in [0, 0.1) is 6.92 Å². The van der Waals surface area contributed by atoms with Crippen LogP contribution >= 0.6 is 27.5 Å². The summed E-state index contributed by atoms with van der Waals surface area (Å²) in [5.41, 5.74) is 7.98. The molecule has 2 rings (SSSR count). The molecule has 98 valence electrons. The van der Waals surface area contributed by atoms with Crippen molar-refractivity contribution in [2.24, 2.45) is 0 Å². The molecule has 0 saturated carbocycles. The van der Waals surface area contributed by atoms with E-state index in [2.05, 4.69) is 26.2 Å². The van der Waals surface area contributed by atoms with Gasteiger partial charge < -0.3 is 11.1 Å². The maximum absolute atomic E-state index is 12.1. The largest absolute Gasteiger partial charge is 0.397 e. The van der Waals surface area contributed by atoms with Crippen LogP contribution in [-0.2, 0) is 0 Å². The van der Waals surface area contributed by atoms with Crippen LogP contribution in [0.2, 0.25) is 5.15 Å². The molecule has 6 heteroatoms. The van der Waals surface area contributed by atoms with E-state index in [1.165, 1.54) is 12.3 Å². The lowest BCUT2D eigenvalue weighted by Gasteiger charge is -2.09. The minimum Gasteiger partial charge on any atom is -0.397 e. The molecule has 0 saturated heterocycles. The zero-order valence-electron chi connectivity index (χ0n) is 10.1. The highest BCUT2D eigenvalue weighted by atomic mass is 79.9. The average molecular weight is 341 g/mol. The number of hydrogen-bond donors (Lipinski definition) is 2. The number of aryl methyl sites for hydroxylation is 1. The van der Waals surface area contributed by atoms with Crippen LogP contribution in [0.4, 0.5) is 11.4 Å². The Hall–Kier alpha value is -1.59. The number of carbonyl (C=O) groups excluding carboxylic acids is 1. The van der Waals surface area contributed by atoms with Crippen LogP contribution in [0.5, 0.6) is 0 Å². The summed E-state index contributed by atoms with van der Waals surface area (Å²) in [6.45, 7) is 1.97. The van der Waals surface area contributed by atoms with Crippen molar-refractivity contribution in [3.05, 3.63) is 51.2 Å². The van der Waals surface area contributed by atoms with Crippen molar-refractivity contribution in [2.45, 2.75) is 6.92 Å². The van der Waals surface area contributed by atoms with E-state index in [4.69, 9.17) is 17.3 Å². The third-order valence-corrected chi connectivity index (χ3v) is 3.43. The number of anilines is 2. The number of benzene rings is 1. The van der Waals surface area contributed by atoms with Gasteiger partial charge in [0, 0.05) is 4.47 Å². The molecule has 4 nitrogen and oxygen atoms in total. The molecule has 0 fully saturated rings. The van der Waals surface area contributed by atoms with Gasteiger partial charge in [-0.3, -0.25) is 4.79 Å². The lowest BCUT2D eigenvalue weighted by Crippen LogP contribution is -2.14. The van der Waals surface area contributed by atoms with Crippen molar-refractivity contribution in [1.29, 1.82) is 0 Å². The number of halogens is 2. The number of nitrogens with one attached hydrogen (secondary N) is 1. The summed E-state index contributed by atoms with van der Waals surface area (Å²) in [6, 6.07) is 7.12. The molecule has 0 radical (unpaired) electrons. The molecule has 0 spiro atoms. The minimum atomic E-state index is -0.352. The number of carbonyl (C=O) groups is 1. The molecule has 1 amide bonds. The lowest BCUT2D eigenvalue weighted by molar-refractivity contribution is 0.102. The van der Waals surface area contributed by atoms with Crippen LogP contribution < -0.4 is 11.1 Å². The van der Waals surface area contributed by atoms with Gasteiger partial charge in [-0.15, -0.1) is 0 Å². The molecule has 0 unspecified atom stereocenters. The molecule has 0 aliphatic rings. The molecular weight excluding hydrogens is 330 g/mol. The van der Waals surface area contributed by atoms with Crippen LogP contribution in [0.25, 0.3) is 0 Å². The fraction of sp³-hybridized carbons (Fsp3) is 0.0769. The number of nitrogens with two attached hydrogens (primary N) is 1. The van der Waals surface area contributed by atoms with E-state index in [1.54, 1.807) is 0 Å². The Morgan fingerprint density at radius 2 is 2.16 bits per heavy atom. The summed E-state index contributed by atoms with van der Waals surface area (Å²) >= 11 is 9.28. The van der Waals surface area contributed by atoms with E-state index in [1.807, 2.05) is 25.1 Å². The van der Waals surface area contributed by atoms with Gasteiger partial charge in [0.25, 0.3) is 5.91 Å². The van der Waals surface area contributed by atoms with Gasteiger partial charge in [-0.2, -0.15) is 0 Å². The first-order chi connectivity index (χ1) is 8.97. The van der Waals surface area contributed by atoms with Crippen LogP contribution in [-0.4, -0.2) is 10.9 Å². The zero-order chi connectivity index (χ0) is 14.0. The highest BCUT2D eigenvalue weighted by molar-refractivity contribution is 9.10. The zero-order valence-corrected chi connectivity index (χ0v) is 12.4. The standard InChI is InChI=1S/C13H11BrClN3O/c1-7-2-3-11(10(14)4-7)18-13(19)9-5-8(16)6-17-12(9)15/h2-6H,16H2,1H3,(H,18,19). The van der Waals surface area contributed by atoms with Crippen molar-refractivity contribution in [3.8, 4) is 0 Å². The first kappa shape index (κ1) is 13.8. The number of nitrogens with zero attached hydrogens (tertiary/aromatic N) is 1. The number of nitrogen functional groups attached to an aromatic ring is 1. The van der Waals surface area contributed by atoms with Gasteiger partial charge in [-0.05, 0) is 46.6 Å². The SMILES string of the molecule is Cc1ccc(NC(=O)c2cc(N)cnc2Cl)c(Br)c1. The normalized spacial score (nSPS) is 10.3. The van der Waals surface area contributed by atoms with E-state index in [9.17, 15) is 4.79 Å². The Bertz CT molecular complexity index is 646. The van der Waals surface area contributed by atoms with Gasteiger partial charge in [0.1, 0.15) is 5.15 Å². The topological polar surface area (TPSA) is 68.0 Å². The molecule has 19 heavy (non-hydrogen) atoms. The number of hydrogen-bond acceptors (Lipinski definition) is 3. The number of rotatable bonds is 2. The maximum atomic E-state index is 12.1. The summed E-state index contributed by atoms with van der Waals surface area (Å²) in [7, 11) is 0. The number of pyridine rings is 1. The van der Waals surface area contributed by atoms with Gasteiger partial charge in [0.2, 0.25) is 0 Å². The van der Waals surface area contributed by atoms with Crippen LogP contribution in [0.1, 0.15) is 15.9 Å². The van der Waals surface area contributed by atoms with E-state index in [0.29, 0.717) is 11.4 Å². The Morgan fingerprint density at radius 3 is 2.84 bits per heavy atom. The summed E-state index contributed by atoms with van der Waals surface area (Å²) in [6.07, 6.45) is 1.40. The Balaban J connectivity index is 2.28. The predicted molar refractivity (Wildman–Crippen MR) is 80.5 cm³/mol. The van der Waals surface area contributed by atoms with E-state index in [0.717, 1.165) is 10.0 Å². The average Bonchev–Trinajstić information content (AvgIpc) is 2.35. The molecule has 1 aromatic heterocycles. The third-order valence-electron chi connectivity index (χ3n) is 2.48. The molecule has 0 atom stereocenters. The summed E-state index contributed by atoms with van der Waals surface area (Å²) < 4.78 is 0.800. The Morgan fingerprint density at radius 1 is 1.42 bits per heavy atom. The predicted octanol–water partition coefficient (Wildman–Crippen LogP) is 3.64. The fourth-order valence-corrected chi connectivity index (χ4v) is 2.32. The van der Waals surface area contributed by atoms with E-state index >= 15 is 0 Å². The minimum absolute atomic E-state index is 0.120. The van der Waals surface area contributed by atoms with Gasteiger partial charge in [0.15, 0.2) is 0 Å². The van der Waals surface area contributed by atoms with Gasteiger partial charge in [0.05, 0.1) is 23.1 Å². The third kappa shape index (κ3) is 3.24. The smallest absolute Gasteiger partial charge is 0.258 e. The Kier molecular flexibility index (Phi) is 4.07. The van der Waals surface area contributed by atoms with Crippen LogP contribution in [0.15, 0.2) is 34.9 Å². The van der Waals surface area contributed by atoms with Gasteiger partial charge in [-0.25, -0.2) is 4.98 Å². The first-order valence-electron chi connectivity index (χ1n) is 5.46. The Labute approximate surface area is 124 Å². The van der Waals surface area contributed by atoms with Gasteiger partial charge in [-0.1, -0.05) is 17.7 Å². The molecule has 0 bridgehead atoms. The van der Waals surface area contributed by atoms with Crippen molar-refractivity contribution in [1.82, 2.24) is 4.98 Å². The monoisotopic (exact) mass is 339 g/mol. The highest BCUT2D eigenvalue weighted by Crippen LogP contribution is 2.25. The summed E-state index contributed by atoms with van der Waals surface area (Å²) in [5.74, 6) is -0.352. The van der Waals surface area contributed by atoms with Gasteiger partial charge >= 0.3 is 0 Å². The molecule has 0 aliphatic heterocycles. The van der Waals surface area contributed by atoms with Crippen molar-refractivity contribution >= 4 is 44.8 Å². The molecule has 1 heterocycles. The molecular formula is C13H11BrClN3O. The molecule has 2 aromatic rings. The number of aromatic nitrogens is 1. The molecule has 1 aromatic carbocycles. The summed E-state index contributed by atoms with van der Waals surface area (Å²) in [5, 5.41) is 2.88. The second kappa shape index (κ2) is 5.59. The van der Waals surface area contributed by atoms with Crippen molar-refractivity contribution in [3.63, 3.8) is 0 Å². The quantitative estimate of drug-likeness (QED) is 0.820. The second-order valence-corrected chi connectivity index (χ2v) is 5.26. The first-order valence-corrected chi connectivity index (χ1v) is 6.63. The second-order valence-electron chi connectivity index (χ2n) is 4.04. The fourth-order valence-electron chi connectivity index (χ4n) is 1.53. The molecule has 0 aliphatic carbocycles. The van der Waals surface area contributed by atoms with Crippen molar-refractivity contribution < 1.29 is 4.79 Å². The van der Waals surface area contributed by atoms with Crippen molar-refractivity contribution in [2.75, 3.05) is 11.1 Å². The molecule has 3 N–H and O–H groups in total. The maximum Gasteiger partial charge on any atom is 0.258 e. The summed E-state index contributed by atoms with van der Waals surface area (Å²) in [4.78, 5) is 16.0. The lowest BCUT2D eigenvalue weighted by atomic mass is 10.2. The van der Waals surface area contributed by atoms with E-state index < -0.39 is 0 Å². The highest BCUT2D eigenvalue weighted by Gasteiger charge is 2.13. The van der Waals surface area contributed by atoms with E-state index in [-0.39, 0.29) is 16.6 Å². The number of amides is 1.